The van der Waals surface area contributed by atoms with Gasteiger partial charge in [-0.1, -0.05) is 51.5 Å². The molecule has 0 bridgehead atoms. The highest BCUT2D eigenvalue weighted by atomic mass is 79.9. The first-order valence-corrected chi connectivity index (χ1v) is 11.7. The molecule has 7 nitrogen and oxygen atoms in total. The Morgan fingerprint density at radius 1 is 1.06 bits per heavy atom. The summed E-state index contributed by atoms with van der Waals surface area (Å²) in [7, 11) is 0. The smallest absolute Gasteiger partial charge is 0.269 e. The summed E-state index contributed by atoms with van der Waals surface area (Å²) >= 11 is 4.44. The molecule has 0 aliphatic carbocycles. The standard InChI is InChI=1S/C24H14BrFN4O3S/c25-15-7-5-14(6-8-15)12-27-30(24-28-19-10-9-16(26)11-20(19)34-24)21(31)13-29-22(32)17-3-1-2-4-18(17)23(29)33/h1-12H,13H2/b27-12+. The second-order valence-corrected chi connectivity index (χ2v) is 9.28. The third-order valence-corrected chi connectivity index (χ3v) is 6.64. The fourth-order valence-electron chi connectivity index (χ4n) is 3.46. The summed E-state index contributed by atoms with van der Waals surface area (Å²) in [6.07, 6.45) is 1.47. The van der Waals surface area contributed by atoms with Gasteiger partial charge in [-0.3, -0.25) is 19.3 Å². The second-order valence-electron chi connectivity index (χ2n) is 7.35. The number of aromatic nitrogens is 1. The molecule has 0 N–H and O–H groups in total. The molecule has 1 aliphatic heterocycles. The topological polar surface area (TPSA) is 82.9 Å². The maximum Gasteiger partial charge on any atom is 0.269 e. The Labute approximate surface area is 205 Å². The van der Waals surface area contributed by atoms with E-state index in [9.17, 15) is 18.8 Å². The van der Waals surface area contributed by atoms with Gasteiger partial charge in [-0.15, -0.1) is 0 Å². The van der Waals surface area contributed by atoms with Crippen molar-refractivity contribution in [3.8, 4) is 0 Å². The number of thiazole rings is 1. The molecule has 0 unspecified atom stereocenters. The number of hydrazone groups is 1. The number of imide groups is 1. The van der Waals surface area contributed by atoms with Crippen molar-refractivity contribution in [3.05, 3.63) is 93.7 Å². The van der Waals surface area contributed by atoms with Gasteiger partial charge in [-0.05, 0) is 48.0 Å². The Bertz CT molecular complexity index is 1450. The molecule has 10 heteroatoms. The van der Waals surface area contributed by atoms with Gasteiger partial charge in [0, 0.05) is 4.47 Å². The lowest BCUT2D eigenvalue weighted by Crippen LogP contribution is -2.41. The third kappa shape index (κ3) is 4.13. The van der Waals surface area contributed by atoms with Crippen LogP contribution < -0.4 is 5.01 Å². The van der Waals surface area contributed by atoms with Crippen LogP contribution >= 0.6 is 27.3 Å². The average molecular weight is 537 g/mol. The molecule has 0 saturated carbocycles. The quantitative estimate of drug-likeness (QED) is 0.207. The number of carbonyl (C=O) groups is 3. The van der Waals surface area contributed by atoms with Gasteiger partial charge in [0.2, 0.25) is 5.13 Å². The highest BCUT2D eigenvalue weighted by Gasteiger charge is 2.37. The number of nitrogens with zero attached hydrogens (tertiary/aromatic N) is 4. The van der Waals surface area contributed by atoms with Crippen LogP contribution in [0.2, 0.25) is 0 Å². The molecule has 168 valence electrons. The van der Waals surface area contributed by atoms with E-state index in [1.165, 1.54) is 24.4 Å². The number of benzene rings is 3. The molecule has 0 fully saturated rings. The summed E-state index contributed by atoms with van der Waals surface area (Å²) < 4.78 is 15.1. The first kappa shape index (κ1) is 22.1. The maximum absolute atomic E-state index is 13.7. The average Bonchev–Trinajstić information content (AvgIpc) is 3.35. The summed E-state index contributed by atoms with van der Waals surface area (Å²) in [4.78, 5) is 44.1. The van der Waals surface area contributed by atoms with Crippen molar-refractivity contribution in [2.24, 2.45) is 5.10 Å². The van der Waals surface area contributed by atoms with E-state index in [-0.39, 0.29) is 16.3 Å². The Morgan fingerprint density at radius 3 is 2.41 bits per heavy atom. The van der Waals surface area contributed by atoms with Gasteiger partial charge in [0.05, 0.1) is 27.6 Å². The molecular formula is C24H14BrFN4O3S. The van der Waals surface area contributed by atoms with Gasteiger partial charge in [0.1, 0.15) is 12.4 Å². The van der Waals surface area contributed by atoms with Crippen LogP contribution in [0.4, 0.5) is 9.52 Å². The highest BCUT2D eigenvalue weighted by Crippen LogP contribution is 2.30. The molecule has 0 atom stereocenters. The minimum Gasteiger partial charge on any atom is -0.270 e. The van der Waals surface area contributed by atoms with Gasteiger partial charge < -0.3 is 0 Å². The Kier molecular flexibility index (Phi) is 5.76. The van der Waals surface area contributed by atoms with Crippen LogP contribution in [0.25, 0.3) is 10.2 Å². The summed E-state index contributed by atoms with van der Waals surface area (Å²) in [5.74, 6) is -2.15. The van der Waals surface area contributed by atoms with Crippen LogP contribution in [-0.2, 0) is 4.79 Å². The molecule has 34 heavy (non-hydrogen) atoms. The molecule has 0 saturated heterocycles. The first-order chi connectivity index (χ1) is 16.4. The third-order valence-electron chi connectivity index (χ3n) is 5.12. The van der Waals surface area contributed by atoms with Crippen molar-refractivity contribution in [1.82, 2.24) is 9.88 Å². The normalized spacial score (nSPS) is 13.2. The number of fused-ring (bicyclic) bond motifs is 2. The van der Waals surface area contributed by atoms with E-state index in [4.69, 9.17) is 0 Å². The van der Waals surface area contributed by atoms with Crippen molar-refractivity contribution < 1.29 is 18.8 Å². The SMILES string of the molecule is O=C1c2ccccc2C(=O)N1CC(=O)N(/N=C/c1ccc(Br)cc1)c1nc2ccc(F)cc2s1. The van der Waals surface area contributed by atoms with Crippen LogP contribution in [0.1, 0.15) is 26.3 Å². The van der Waals surface area contributed by atoms with E-state index < -0.39 is 30.1 Å². The molecule has 3 aromatic carbocycles. The molecule has 0 spiro atoms. The Morgan fingerprint density at radius 2 is 1.74 bits per heavy atom. The van der Waals surface area contributed by atoms with E-state index in [1.54, 1.807) is 36.4 Å². The van der Waals surface area contributed by atoms with Crippen LogP contribution in [0, 0.1) is 5.82 Å². The molecule has 1 aliphatic rings. The van der Waals surface area contributed by atoms with Gasteiger partial charge in [0.15, 0.2) is 0 Å². The lowest BCUT2D eigenvalue weighted by atomic mass is 10.1. The minimum absolute atomic E-state index is 0.190. The van der Waals surface area contributed by atoms with Gasteiger partial charge >= 0.3 is 0 Å². The number of halogens is 2. The molecule has 3 amide bonds. The molecule has 2 heterocycles. The zero-order chi connectivity index (χ0) is 23.8. The zero-order valence-corrected chi connectivity index (χ0v) is 19.7. The predicted octanol–water partition coefficient (Wildman–Crippen LogP) is 4.86. The van der Waals surface area contributed by atoms with Gasteiger partial charge in [0.25, 0.3) is 17.7 Å². The largest absolute Gasteiger partial charge is 0.270 e. The molecule has 4 aromatic rings. The monoisotopic (exact) mass is 536 g/mol. The second kappa shape index (κ2) is 8.88. The lowest BCUT2D eigenvalue weighted by molar-refractivity contribution is -0.118. The number of hydrogen-bond donors (Lipinski definition) is 0. The van der Waals surface area contributed by atoms with Crippen LogP contribution in [0.3, 0.4) is 0 Å². The predicted molar refractivity (Wildman–Crippen MR) is 131 cm³/mol. The van der Waals surface area contributed by atoms with E-state index >= 15 is 0 Å². The van der Waals surface area contributed by atoms with Gasteiger partial charge in [-0.2, -0.15) is 10.1 Å². The van der Waals surface area contributed by atoms with Crippen molar-refractivity contribution in [2.75, 3.05) is 11.6 Å². The van der Waals surface area contributed by atoms with E-state index in [0.29, 0.717) is 15.8 Å². The molecule has 0 radical (unpaired) electrons. The molecular weight excluding hydrogens is 523 g/mol. The highest BCUT2D eigenvalue weighted by molar-refractivity contribution is 9.10. The summed E-state index contributed by atoms with van der Waals surface area (Å²) in [6.45, 7) is -0.520. The number of amides is 3. The van der Waals surface area contributed by atoms with Gasteiger partial charge in [-0.25, -0.2) is 9.37 Å². The fraction of sp³-hybridized carbons (Fsp3) is 0.0417. The number of hydrogen-bond acceptors (Lipinski definition) is 6. The van der Waals surface area contributed by atoms with E-state index in [1.807, 2.05) is 12.1 Å². The van der Waals surface area contributed by atoms with Crippen LogP contribution in [0.5, 0.6) is 0 Å². The number of rotatable bonds is 5. The van der Waals surface area contributed by atoms with E-state index in [2.05, 4.69) is 26.0 Å². The molecule has 1 aromatic heterocycles. The summed E-state index contributed by atoms with van der Waals surface area (Å²) in [5.41, 5.74) is 1.72. The summed E-state index contributed by atoms with van der Waals surface area (Å²) in [5, 5.41) is 5.53. The number of anilines is 1. The molecule has 5 rings (SSSR count). The van der Waals surface area contributed by atoms with Crippen molar-refractivity contribution in [3.63, 3.8) is 0 Å². The minimum atomic E-state index is -0.637. The van der Waals surface area contributed by atoms with Crippen molar-refractivity contribution in [2.45, 2.75) is 0 Å². The van der Waals surface area contributed by atoms with Crippen LogP contribution in [-0.4, -0.2) is 40.4 Å². The van der Waals surface area contributed by atoms with Crippen molar-refractivity contribution in [1.29, 1.82) is 0 Å². The summed E-state index contributed by atoms with van der Waals surface area (Å²) in [6, 6.07) is 17.8. The number of carbonyl (C=O) groups excluding carboxylic acids is 3. The fourth-order valence-corrected chi connectivity index (χ4v) is 4.69. The lowest BCUT2D eigenvalue weighted by Gasteiger charge is -2.18. The Balaban J connectivity index is 1.48. The van der Waals surface area contributed by atoms with Crippen LogP contribution in [0.15, 0.2) is 76.3 Å². The first-order valence-electron chi connectivity index (χ1n) is 10.0. The zero-order valence-electron chi connectivity index (χ0n) is 17.3. The maximum atomic E-state index is 13.7. The Hall–Kier alpha value is -3.76. The van der Waals surface area contributed by atoms with Crippen molar-refractivity contribution >= 4 is 66.6 Å². The van der Waals surface area contributed by atoms with E-state index in [0.717, 1.165) is 25.7 Å².